The van der Waals surface area contributed by atoms with Gasteiger partial charge in [0.1, 0.15) is 11.9 Å². The SMILES string of the molecule is CCNC(=NCC(C)Oc1ccccc1)N1CCC(OCC2CCCO2)CC1. The summed E-state index contributed by atoms with van der Waals surface area (Å²) in [4.78, 5) is 7.15. The molecule has 0 saturated carbocycles. The molecule has 2 aliphatic heterocycles. The van der Waals surface area contributed by atoms with Gasteiger partial charge in [0.05, 0.1) is 25.4 Å². The van der Waals surface area contributed by atoms with Crippen molar-refractivity contribution in [3.8, 4) is 5.75 Å². The van der Waals surface area contributed by atoms with Crippen LogP contribution >= 0.6 is 0 Å². The predicted molar refractivity (Wildman–Crippen MR) is 112 cm³/mol. The van der Waals surface area contributed by atoms with E-state index in [4.69, 9.17) is 19.2 Å². The van der Waals surface area contributed by atoms with Crippen LogP contribution < -0.4 is 10.1 Å². The lowest BCUT2D eigenvalue weighted by molar-refractivity contribution is -0.0367. The van der Waals surface area contributed by atoms with Crippen molar-refractivity contribution < 1.29 is 14.2 Å². The number of ether oxygens (including phenoxy) is 3. The molecule has 6 heteroatoms. The molecule has 0 amide bonds. The normalized spacial score (nSPS) is 22.3. The Bertz CT molecular complexity index is 582. The first kappa shape index (κ1) is 20.9. The van der Waals surface area contributed by atoms with Gasteiger partial charge in [0, 0.05) is 26.2 Å². The van der Waals surface area contributed by atoms with Crippen LogP contribution in [0, 0.1) is 0 Å². The summed E-state index contributed by atoms with van der Waals surface area (Å²) in [6.07, 6.45) is 5.05. The van der Waals surface area contributed by atoms with Crippen LogP contribution in [0.4, 0.5) is 0 Å². The Morgan fingerprint density at radius 3 is 2.71 bits per heavy atom. The molecule has 1 aromatic rings. The third kappa shape index (κ3) is 6.67. The summed E-state index contributed by atoms with van der Waals surface area (Å²) in [5.41, 5.74) is 0. The third-order valence-electron chi connectivity index (χ3n) is 5.20. The van der Waals surface area contributed by atoms with Gasteiger partial charge in [-0.1, -0.05) is 18.2 Å². The van der Waals surface area contributed by atoms with Crippen LogP contribution in [0.5, 0.6) is 5.75 Å². The van der Waals surface area contributed by atoms with Gasteiger partial charge in [0.25, 0.3) is 0 Å². The zero-order valence-corrected chi connectivity index (χ0v) is 17.3. The fourth-order valence-electron chi connectivity index (χ4n) is 3.66. The smallest absolute Gasteiger partial charge is 0.194 e. The summed E-state index contributed by atoms with van der Waals surface area (Å²) in [5, 5.41) is 3.42. The number of piperidine rings is 1. The average molecular weight is 390 g/mol. The number of aliphatic imine (C=N–C) groups is 1. The zero-order chi connectivity index (χ0) is 19.6. The lowest BCUT2D eigenvalue weighted by Crippen LogP contribution is -2.47. The summed E-state index contributed by atoms with van der Waals surface area (Å²) in [7, 11) is 0. The van der Waals surface area contributed by atoms with Gasteiger partial charge in [-0.3, -0.25) is 0 Å². The van der Waals surface area contributed by atoms with Crippen LogP contribution in [0.25, 0.3) is 0 Å². The molecule has 0 radical (unpaired) electrons. The summed E-state index contributed by atoms with van der Waals surface area (Å²) >= 11 is 0. The number of rotatable bonds is 8. The molecule has 28 heavy (non-hydrogen) atoms. The number of nitrogens with zero attached hydrogens (tertiary/aromatic N) is 2. The van der Waals surface area contributed by atoms with E-state index in [1.54, 1.807) is 0 Å². The van der Waals surface area contributed by atoms with Gasteiger partial charge in [0.15, 0.2) is 5.96 Å². The maximum absolute atomic E-state index is 6.09. The molecule has 0 aliphatic carbocycles. The summed E-state index contributed by atoms with van der Waals surface area (Å²) in [5.74, 6) is 1.86. The second kappa shape index (κ2) is 11.3. The van der Waals surface area contributed by atoms with Crippen molar-refractivity contribution in [2.45, 2.75) is 57.8 Å². The number of guanidine groups is 1. The van der Waals surface area contributed by atoms with E-state index in [1.807, 2.05) is 30.3 Å². The largest absolute Gasteiger partial charge is 0.489 e. The number of likely N-dealkylation sites (tertiary alicyclic amines) is 1. The number of benzene rings is 1. The van der Waals surface area contributed by atoms with Gasteiger partial charge < -0.3 is 24.4 Å². The quantitative estimate of drug-likeness (QED) is 0.547. The maximum atomic E-state index is 6.09. The number of nitrogens with one attached hydrogen (secondary N) is 1. The molecule has 0 bridgehead atoms. The highest BCUT2D eigenvalue weighted by molar-refractivity contribution is 5.80. The Morgan fingerprint density at radius 1 is 1.25 bits per heavy atom. The van der Waals surface area contributed by atoms with Gasteiger partial charge in [-0.15, -0.1) is 0 Å². The second-order valence-electron chi connectivity index (χ2n) is 7.59. The first-order valence-corrected chi connectivity index (χ1v) is 10.7. The van der Waals surface area contributed by atoms with Gasteiger partial charge in [-0.25, -0.2) is 4.99 Å². The standard InChI is InChI=1S/C22H35N3O3/c1-3-23-22(24-16-18(2)28-20-8-5-4-6-9-20)25-13-11-19(12-14-25)27-17-21-10-7-15-26-21/h4-6,8-9,18-19,21H,3,7,10-17H2,1-2H3,(H,23,24). The fourth-order valence-corrected chi connectivity index (χ4v) is 3.66. The summed E-state index contributed by atoms with van der Waals surface area (Å²) in [6, 6.07) is 9.92. The van der Waals surface area contributed by atoms with E-state index >= 15 is 0 Å². The van der Waals surface area contributed by atoms with Crippen molar-refractivity contribution in [3.63, 3.8) is 0 Å². The van der Waals surface area contributed by atoms with Crippen LogP contribution in [-0.4, -0.2) is 68.6 Å². The maximum Gasteiger partial charge on any atom is 0.194 e. The molecular weight excluding hydrogens is 354 g/mol. The monoisotopic (exact) mass is 389 g/mol. The minimum Gasteiger partial charge on any atom is -0.489 e. The fraction of sp³-hybridized carbons (Fsp3) is 0.682. The highest BCUT2D eigenvalue weighted by Crippen LogP contribution is 2.18. The van der Waals surface area contributed by atoms with Crippen molar-refractivity contribution in [2.75, 3.05) is 39.4 Å². The van der Waals surface area contributed by atoms with Crippen molar-refractivity contribution in [2.24, 2.45) is 4.99 Å². The molecular formula is C22H35N3O3. The van der Waals surface area contributed by atoms with Crippen LogP contribution in [0.15, 0.2) is 35.3 Å². The van der Waals surface area contributed by atoms with E-state index in [1.165, 1.54) is 6.42 Å². The minimum atomic E-state index is 0.0309. The molecule has 1 N–H and O–H groups in total. The number of para-hydroxylation sites is 1. The van der Waals surface area contributed by atoms with Crippen LogP contribution in [-0.2, 0) is 9.47 Å². The molecule has 2 atom stereocenters. The summed E-state index contributed by atoms with van der Waals surface area (Å²) < 4.78 is 17.7. The van der Waals surface area contributed by atoms with E-state index in [2.05, 4.69) is 24.1 Å². The molecule has 0 aromatic heterocycles. The highest BCUT2D eigenvalue weighted by atomic mass is 16.5. The first-order chi connectivity index (χ1) is 13.7. The molecule has 3 rings (SSSR count). The van der Waals surface area contributed by atoms with Crippen LogP contribution in [0.3, 0.4) is 0 Å². The molecule has 156 valence electrons. The van der Waals surface area contributed by atoms with Crippen molar-refractivity contribution in [1.82, 2.24) is 10.2 Å². The van der Waals surface area contributed by atoms with Gasteiger partial charge in [-0.2, -0.15) is 0 Å². The second-order valence-corrected chi connectivity index (χ2v) is 7.59. The minimum absolute atomic E-state index is 0.0309. The Balaban J connectivity index is 1.43. The lowest BCUT2D eigenvalue weighted by atomic mass is 10.1. The van der Waals surface area contributed by atoms with Gasteiger partial charge in [0.2, 0.25) is 0 Å². The first-order valence-electron chi connectivity index (χ1n) is 10.7. The Labute approximate surface area is 169 Å². The molecule has 6 nitrogen and oxygen atoms in total. The average Bonchev–Trinajstić information content (AvgIpc) is 3.24. The molecule has 2 aliphatic rings. The molecule has 2 saturated heterocycles. The third-order valence-corrected chi connectivity index (χ3v) is 5.20. The van der Waals surface area contributed by atoms with Crippen molar-refractivity contribution >= 4 is 5.96 Å². The van der Waals surface area contributed by atoms with Crippen molar-refractivity contribution in [1.29, 1.82) is 0 Å². The lowest BCUT2D eigenvalue weighted by Gasteiger charge is -2.34. The molecule has 1 aromatic carbocycles. The van der Waals surface area contributed by atoms with E-state index in [0.29, 0.717) is 18.8 Å². The summed E-state index contributed by atoms with van der Waals surface area (Å²) in [6.45, 7) is 9.23. The Morgan fingerprint density at radius 2 is 2.04 bits per heavy atom. The predicted octanol–water partition coefficient (Wildman–Crippen LogP) is 3.08. The topological polar surface area (TPSA) is 55.3 Å². The molecule has 2 unspecified atom stereocenters. The van der Waals surface area contributed by atoms with Crippen LogP contribution in [0.2, 0.25) is 0 Å². The van der Waals surface area contributed by atoms with E-state index in [0.717, 1.165) is 63.8 Å². The van der Waals surface area contributed by atoms with E-state index < -0.39 is 0 Å². The Hall–Kier alpha value is -1.79. The molecule has 2 heterocycles. The zero-order valence-electron chi connectivity index (χ0n) is 17.3. The van der Waals surface area contributed by atoms with E-state index in [9.17, 15) is 0 Å². The van der Waals surface area contributed by atoms with Crippen molar-refractivity contribution in [3.05, 3.63) is 30.3 Å². The Kier molecular flexibility index (Phi) is 8.42. The number of hydrogen-bond acceptors (Lipinski definition) is 4. The van der Waals surface area contributed by atoms with E-state index in [-0.39, 0.29) is 6.10 Å². The molecule has 0 spiro atoms. The van der Waals surface area contributed by atoms with Gasteiger partial charge in [-0.05, 0) is 51.7 Å². The van der Waals surface area contributed by atoms with Gasteiger partial charge >= 0.3 is 0 Å². The number of hydrogen-bond donors (Lipinski definition) is 1. The van der Waals surface area contributed by atoms with Crippen LogP contribution in [0.1, 0.15) is 39.5 Å². The highest BCUT2D eigenvalue weighted by Gasteiger charge is 2.24. The molecule has 2 fully saturated rings.